The Labute approximate surface area is 130 Å². The molecule has 2 aromatic heterocycles. The largest absolute Gasteiger partial charge is 0.361 e. The first-order chi connectivity index (χ1) is 10.1. The molecule has 0 saturated heterocycles. The van der Waals surface area contributed by atoms with Crippen LogP contribution in [0.1, 0.15) is 48.7 Å². The van der Waals surface area contributed by atoms with Gasteiger partial charge in [-0.3, -0.25) is 0 Å². The second-order valence-corrected chi connectivity index (χ2v) is 6.22. The summed E-state index contributed by atoms with van der Waals surface area (Å²) in [6, 6.07) is 0.218. The Morgan fingerprint density at radius 2 is 2.05 bits per heavy atom. The number of thiazole rings is 1. The van der Waals surface area contributed by atoms with E-state index in [1.165, 1.54) is 4.88 Å². The number of nitrogens with zero attached hydrogens (tertiary/aromatic N) is 3. The lowest BCUT2D eigenvalue weighted by molar-refractivity contribution is 0.390. The van der Waals surface area contributed by atoms with Gasteiger partial charge in [-0.15, -0.1) is 11.3 Å². The Kier molecular flexibility index (Phi) is 5.36. The fourth-order valence-electron chi connectivity index (χ4n) is 2.48. The molecule has 1 unspecified atom stereocenters. The van der Waals surface area contributed by atoms with Crippen LogP contribution in [0, 0.1) is 13.8 Å². The average molecular weight is 308 g/mol. The molecule has 0 spiro atoms. The number of anilines is 1. The monoisotopic (exact) mass is 308 g/mol. The van der Waals surface area contributed by atoms with Crippen LogP contribution in [0.3, 0.4) is 0 Å². The highest BCUT2D eigenvalue weighted by molar-refractivity contribution is 7.15. The third-order valence-electron chi connectivity index (χ3n) is 3.68. The van der Waals surface area contributed by atoms with Crippen LogP contribution in [0.25, 0.3) is 0 Å². The average Bonchev–Trinajstić information content (AvgIpc) is 3.05. The van der Waals surface area contributed by atoms with Crippen molar-refractivity contribution >= 4 is 16.5 Å². The second-order valence-electron chi connectivity index (χ2n) is 5.12. The van der Waals surface area contributed by atoms with Crippen molar-refractivity contribution in [2.75, 3.05) is 18.0 Å². The highest BCUT2D eigenvalue weighted by atomic mass is 32.1. The lowest BCUT2D eigenvalue weighted by Crippen LogP contribution is -2.21. The van der Waals surface area contributed by atoms with Gasteiger partial charge in [-0.05, 0) is 34.6 Å². The zero-order valence-electron chi connectivity index (χ0n) is 13.4. The summed E-state index contributed by atoms with van der Waals surface area (Å²) < 4.78 is 5.23. The zero-order valence-corrected chi connectivity index (χ0v) is 14.3. The number of rotatable bonds is 7. The summed E-state index contributed by atoms with van der Waals surface area (Å²) in [4.78, 5) is 8.02. The summed E-state index contributed by atoms with van der Waals surface area (Å²) in [5, 5.41) is 8.63. The molecule has 0 aliphatic carbocycles. The number of aryl methyl sites for hydroxylation is 2. The van der Waals surface area contributed by atoms with Crippen molar-refractivity contribution in [2.24, 2.45) is 0 Å². The minimum Gasteiger partial charge on any atom is -0.361 e. The Morgan fingerprint density at radius 1 is 1.33 bits per heavy atom. The topological polar surface area (TPSA) is 54.2 Å². The van der Waals surface area contributed by atoms with Gasteiger partial charge in [0.2, 0.25) is 0 Å². The molecule has 0 aromatic carbocycles. The fraction of sp³-hybridized carbons (Fsp3) is 0.600. The van der Waals surface area contributed by atoms with Crippen LogP contribution in [0.4, 0.5) is 5.13 Å². The minimum atomic E-state index is 0.218. The van der Waals surface area contributed by atoms with Crippen LogP contribution in [0.15, 0.2) is 10.7 Å². The molecule has 6 heteroatoms. The molecule has 2 aromatic rings. The maximum atomic E-state index is 5.23. The van der Waals surface area contributed by atoms with Crippen LogP contribution in [0.5, 0.6) is 0 Å². The molecule has 0 amide bonds. The molecule has 0 saturated carbocycles. The van der Waals surface area contributed by atoms with Gasteiger partial charge in [0.1, 0.15) is 5.76 Å². The number of aromatic nitrogens is 2. The summed E-state index contributed by atoms with van der Waals surface area (Å²) in [6.07, 6.45) is 1.96. The molecule has 1 N–H and O–H groups in total. The number of hydrogen-bond donors (Lipinski definition) is 1. The first-order valence-electron chi connectivity index (χ1n) is 7.42. The molecule has 0 radical (unpaired) electrons. The van der Waals surface area contributed by atoms with Crippen molar-refractivity contribution in [3.63, 3.8) is 0 Å². The smallest absolute Gasteiger partial charge is 0.185 e. The van der Waals surface area contributed by atoms with Crippen molar-refractivity contribution in [1.82, 2.24) is 15.5 Å². The maximum absolute atomic E-state index is 5.23. The lowest BCUT2D eigenvalue weighted by Gasteiger charge is -2.16. The molecule has 0 bridgehead atoms. The Morgan fingerprint density at radius 3 is 2.62 bits per heavy atom. The Hall–Kier alpha value is -1.40. The second kappa shape index (κ2) is 7.04. The minimum absolute atomic E-state index is 0.218. The normalized spacial score (nSPS) is 12.6. The first kappa shape index (κ1) is 16.0. The van der Waals surface area contributed by atoms with Gasteiger partial charge in [-0.25, -0.2) is 4.98 Å². The third-order valence-corrected chi connectivity index (χ3v) is 4.74. The summed E-state index contributed by atoms with van der Waals surface area (Å²) in [7, 11) is 0. The Balaban J connectivity index is 1.97. The van der Waals surface area contributed by atoms with Gasteiger partial charge in [0.05, 0.1) is 5.69 Å². The summed E-state index contributed by atoms with van der Waals surface area (Å²) in [6.45, 7) is 13.2. The number of hydrogen-bond acceptors (Lipinski definition) is 6. The third kappa shape index (κ3) is 3.63. The fourth-order valence-corrected chi connectivity index (χ4v) is 3.47. The predicted octanol–water partition coefficient (Wildman–Crippen LogP) is 3.44. The van der Waals surface area contributed by atoms with Crippen molar-refractivity contribution in [3.8, 4) is 0 Å². The summed E-state index contributed by atoms with van der Waals surface area (Å²) >= 11 is 1.75. The summed E-state index contributed by atoms with van der Waals surface area (Å²) in [5.74, 6) is 0.889. The highest BCUT2D eigenvalue weighted by Crippen LogP contribution is 2.24. The molecule has 116 valence electrons. The highest BCUT2D eigenvalue weighted by Gasteiger charge is 2.16. The van der Waals surface area contributed by atoms with Gasteiger partial charge in [0.25, 0.3) is 0 Å². The summed E-state index contributed by atoms with van der Waals surface area (Å²) in [5.41, 5.74) is 2.11. The molecule has 2 rings (SSSR count). The zero-order chi connectivity index (χ0) is 15.4. The van der Waals surface area contributed by atoms with E-state index in [-0.39, 0.29) is 6.04 Å². The molecule has 1 atom stereocenters. The van der Waals surface area contributed by atoms with E-state index in [0.717, 1.165) is 41.8 Å². The van der Waals surface area contributed by atoms with Crippen LogP contribution >= 0.6 is 11.3 Å². The molecular weight excluding hydrogens is 284 g/mol. The standard InChI is InChI=1S/C15H24N4OS/c1-6-19(7-2)15-17-9-13(21-15)8-16-10(3)14-11(4)18-20-12(14)5/h9-10,16H,6-8H2,1-5H3. The van der Waals surface area contributed by atoms with Gasteiger partial charge in [0.15, 0.2) is 5.13 Å². The van der Waals surface area contributed by atoms with Crippen molar-refractivity contribution in [1.29, 1.82) is 0 Å². The van der Waals surface area contributed by atoms with Gasteiger partial charge in [0, 0.05) is 42.3 Å². The van der Waals surface area contributed by atoms with E-state index >= 15 is 0 Å². The van der Waals surface area contributed by atoms with Gasteiger partial charge in [-0.2, -0.15) is 0 Å². The first-order valence-corrected chi connectivity index (χ1v) is 8.24. The van der Waals surface area contributed by atoms with E-state index in [0.29, 0.717) is 0 Å². The molecular formula is C15H24N4OS. The molecule has 0 fully saturated rings. The molecule has 0 aliphatic rings. The molecule has 5 nitrogen and oxygen atoms in total. The van der Waals surface area contributed by atoms with E-state index in [2.05, 4.69) is 41.1 Å². The van der Waals surface area contributed by atoms with Gasteiger partial charge in [-0.1, -0.05) is 5.16 Å². The van der Waals surface area contributed by atoms with E-state index in [1.54, 1.807) is 11.3 Å². The van der Waals surface area contributed by atoms with Crippen molar-refractivity contribution in [3.05, 3.63) is 28.1 Å². The molecule has 2 heterocycles. The SMILES string of the molecule is CCN(CC)c1ncc(CNC(C)c2c(C)noc2C)s1. The van der Waals surface area contributed by atoms with E-state index in [4.69, 9.17) is 4.52 Å². The number of nitrogens with one attached hydrogen (secondary N) is 1. The molecule has 21 heavy (non-hydrogen) atoms. The quantitative estimate of drug-likeness (QED) is 0.849. The van der Waals surface area contributed by atoms with Crippen molar-refractivity contribution < 1.29 is 4.52 Å². The van der Waals surface area contributed by atoms with E-state index in [1.807, 2.05) is 20.0 Å². The maximum Gasteiger partial charge on any atom is 0.185 e. The van der Waals surface area contributed by atoms with Gasteiger partial charge >= 0.3 is 0 Å². The van der Waals surface area contributed by atoms with Crippen molar-refractivity contribution in [2.45, 2.75) is 47.2 Å². The predicted molar refractivity (Wildman–Crippen MR) is 86.9 cm³/mol. The van der Waals surface area contributed by atoms with E-state index < -0.39 is 0 Å². The van der Waals surface area contributed by atoms with Crippen LogP contribution < -0.4 is 10.2 Å². The Bertz CT molecular complexity index is 554. The lowest BCUT2D eigenvalue weighted by atomic mass is 10.1. The van der Waals surface area contributed by atoms with Crippen LogP contribution in [0.2, 0.25) is 0 Å². The van der Waals surface area contributed by atoms with Gasteiger partial charge < -0.3 is 14.7 Å². The van der Waals surface area contributed by atoms with E-state index in [9.17, 15) is 0 Å². The van der Waals surface area contributed by atoms with Crippen LogP contribution in [-0.4, -0.2) is 23.2 Å². The van der Waals surface area contributed by atoms with Crippen LogP contribution in [-0.2, 0) is 6.54 Å². The molecule has 0 aliphatic heterocycles.